The Morgan fingerprint density at radius 2 is 2.24 bits per heavy atom. The van der Waals surface area contributed by atoms with Gasteiger partial charge in [-0.3, -0.25) is 0 Å². The first-order valence-electron chi connectivity index (χ1n) is 6.81. The minimum atomic E-state index is -3.16. The zero-order valence-electron chi connectivity index (χ0n) is 12.0. The second-order valence-corrected chi connectivity index (χ2v) is 8.95. The normalized spacial score (nSPS) is 19.6. The SMILES string of the molecule is CCNc1ncnc(N2CCSCC2S(=O)(=O)CC)c1Br. The second-order valence-electron chi connectivity index (χ2n) is 4.56. The van der Waals surface area contributed by atoms with Crippen LogP contribution in [0.1, 0.15) is 13.8 Å². The average Bonchev–Trinajstić information content (AvgIpc) is 2.50. The number of hydrogen-bond acceptors (Lipinski definition) is 7. The summed E-state index contributed by atoms with van der Waals surface area (Å²) in [6.45, 7) is 5.07. The number of anilines is 2. The van der Waals surface area contributed by atoms with E-state index in [-0.39, 0.29) is 5.75 Å². The lowest BCUT2D eigenvalue weighted by Gasteiger charge is -2.36. The Hall–Kier alpha value is -0.540. The minimum absolute atomic E-state index is 0.136. The van der Waals surface area contributed by atoms with Gasteiger partial charge in [0.2, 0.25) is 0 Å². The Labute approximate surface area is 138 Å². The topological polar surface area (TPSA) is 75.2 Å². The van der Waals surface area contributed by atoms with Crippen LogP contribution in [0.15, 0.2) is 10.8 Å². The van der Waals surface area contributed by atoms with Crippen LogP contribution in [0, 0.1) is 0 Å². The Morgan fingerprint density at radius 1 is 1.48 bits per heavy atom. The van der Waals surface area contributed by atoms with Gasteiger partial charge in [0, 0.05) is 30.3 Å². The summed E-state index contributed by atoms with van der Waals surface area (Å²) in [6.07, 6.45) is 1.47. The summed E-state index contributed by atoms with van der Waals surface area (Å²) >= 11 is 5.17. The number of thioether (sulfide) groups is 1. The fourth-order valence-corrected chi connectivity index (χ4v) is 5.71. The highest BCUT2D eigenvalue weighted by atomic mass is 79.9. The molecule has 1 N–H and O–H groups in total. The molecule has 118 valence electrons. The lowest BCUT2D eigenvalue weighted by Crippen LogP contribution is -2.48. The van der Waals surface area contributed by atoms with Gasteiger partial charge in [0.15, 0.2) is 9.84 Å². The van der Waals surface area contributed by atoms with Crippen molar-refractivity contribution in [3.8, 4) is 0 Å². The summed E-state index contributed by atoms with van der Waals surface area (Å²) in [7, 11) is -3.16. The maximum atomic E-state index is 12.3. The third kappa shape index (κ3) is 3.62. The standard InChI is InChI=1S/C12H19BrN4O2S2/c1-3-14-11-10(13)12(16-8-15-11)17-5-6-20-7-9(17)21(18,19)4-2/h8-9H,3-7H2,1-2H3,(H,14,15,16). The predicted octanol–water partition coefficient (Wildman–Crippen LogP) is 1.98. The molecule has 1 saturated heterocycles. The van der Waals surface area contributed by atoms with Crippen LogP contribution < -0.4 is 10.2 Å². The van der Waals surface area contributed by atoms with Gasteiger partial charge in [-0.05, 0) is 22.9 Å². The summed E-state index contributed by atoms with van der Waals surface area (Å²) in [4.78, 5) is 10.4. The molecule has 6 nitrogen and oxygen atoms in total. The van der Waals surface area contributed by atoms with Gasteiger partial charge in [-0.2, -0.15) is 11.8 Å². The first kappa shape index (κ1) is 16.8. The average molecular weight is 395 g/mol. The highest BCUT2D eigenvalue weighted by molar-refractivity contribution is 9.10. The molecule has 1 unspecified atom stereocenters. The van der Waals surface area contributed by atoms with Crippen molar-refractivity contribution in [1.29, 1.82) is 0 Å². The third-order valence-corrected chi connectivity index (χ3v) is 7.31. The molecule has 0 spiro atoms. The van der Waals surface area contributed by atoms with E-state index in [2.05, 4.69) is 31.2 Å². The van der Waals surface area contributed by atoms with E-state index in [1.54, 1.807) is 18.7 Å². The molecule has 0 bridgehead atoms. The Kier molecular flexibility index (Phi) is 5.73. The van der Waals surface area contributed by atoms with Crippen molar-refractivity contribution in [3.05, 3.63) is 10.8 Å². The van der Waals surface area contributed by atoms with E-state index in [1.807, 2.05) is 11.8 Å². The molecule has 1 aliphatic heterocycles. The molecule has 2 rings (SSSR count). The van der Waals surface area contributed by atoms with Gasteiger partial charge in [0.25, 0.3) is 0 Å². The van der Waals surface area contributed by atoms with Crippen LogP contribution >= 0.6 is 27.7 Å². The molecule has 1 aromatic rings. The summed E-state index contributed by atoms with van der Waals surface area (Å²) in [6, 6.07) is 0. The molecule has 1 fully saturated rings. The second kappa shape index (κ2) is 7.15. The van der Waals surface area contributed by atoms with Crippen LogP contribution in [-0.4, -0.2) is 54.1 Å². The van der Waals surface area contributed by atoms with Crippen molar-refractivity contribution in [3.63, 3.8) is 0 Å². The Morgan fingerprint density at radius 3 is 2.90 bits per heavy atom. The molecule has 0 radical (unpaired) electrons. The van der Waals surface area contributed by atoms with E-state index < -0.39 is 15.2 Å². The molecule has 2 heterocycles. The molecule has 1 aliphatic rings. The third-order valence-electron chi connectivity index (χ3n) is 3.29. The maximum Gasteiger partial charge on any atom is 0.171 e. The lowest BCUT2D eigenvalue weighted by molar-refractivity contribution is 0.578. The van der Waals surface area contributed by atoms with E-state index in [0.29, 0.717) is 23.9 Å². The molecular formula is C12H19BrN4O2S2. The lowest BCUT2D eigenvalue weighted by atomic mass is 10.4. The minimum Gasteiger partial charge on any atom is -0.369 e. The van der Waals surface area contributed by atoms with Crippen molar-refractivity contribution in [1.82, 2.24) is 9.97 Å². The summed E-state index contributed by atoms with van der Waals surface area (Å²) in [5, 5.41) is 2.62. The Bertz CT molecular complexity index is 597. The number of halogens is 1. The van der Waals surface area contributed by atoms with Crippen molar-refractivity contribution >= 4 is 49.2 Å². The van der Waals surface area contributed by atoms with Crippen molar-refractivity contribution in [2.75, 3.05) is 40.6 Å². The zero-order chi connectivity index (χ0) is 15.5. The molecule has 0 aromatic carbocycles. The van der Waals surface area contributed by atoms with Gasteiger partial charge in [-0.1, -0.05) is 6.92 Å². The van der Waals surface area contributed by atoms with E-state index in [4.69, 9.17) is 0 Å². The van der Waals surface area contributed by atoms with Crippen LogP contribution in [-0.2, 0) is 9.84 Å². The number of aromatic nitrogens is 2. The summed E-state index contributed by atoms with van der Waals surface area (Å²) in [5.74, 6) is 2.93. The van der Waals surface area contributed by atoms with Crippen molar-refractivity contribution in [2.45, 2.75) is 19.2 Å². The molecule has 21 heavy (non-hydrogen) atoms. The predicted molar refractivity (Wildman–Crippen MR) is 91.8 cm³/mol. The van der Waals surface area contributed by atoms with Crippen LogP contribution in [0.25, 0.3) is 0 Å². The molecular weight excluding hydrogens is 376 g/mol. The first-order valence-corrected chi connectivity index (χ1v) is 10.5. The summed E-state index contributed by atoms with van der Waals surface area (Å²) in [5.41, 5.74) is 0. The number of sulfone groups is 1. The van der Waals surface area contributed by atoms with E-state index in [9.17, 15) is 8.42 Å². The highest BCUT2D eigenvalue weighted by Crippen LogP contribution is 2.34. The molecule has 0 saturated carbocycles. The Balaban J connectivity index is 2.40. The fraction of sp³-hybridized carbons (Fsp3) is 0.667. The van der Waals surface area contributed by atoms with Crippen LogP contribution in [0.4, 0.5) is 11.6 Å². The summed E-state index contributed by atoms with van der Waals surface area (Å²) < 4.78 is 25.4. The molecule has 9 heteroatoms. The molecule has 1 atom stereocenters. The van der Waals surface area contributed by atoms with Gasteiger partial charge < -0.3 is 10.2 Å². The number of rotatable bonds is 5. The molecule has 0 amide bonds. The maximum absolute atomic E-state index is 12.3. The van der Waals surface area contributed by atoms with Gasteiger partial charge in [-0.15, -0.1) is 0 Å². The molecule has 1 aromatic heterocycles. The van der Waals surface area contributed by atoms with Crippen molar-refractivity contribution in [2.24, 2.45) is 0 Å². The van der Waals surface area contributed by atoms with Gasteiger partial charge in [-0.25, -0.2) is 18.4 Å². The van der Waals surface area contributed by atoms with Crippen molar-refractivity contribution < 1.29 is 8.42 Å². The van der Waals surface area contributed by atoms with E-state index in [1.165, 1.54) is 6.33 Å². The quantitative estimate of drug-likeness (QED) is 0.817. The number of nitrogens with zero attached hydrogens (tertiary/aromatic N) is 3. The number of hydrogen-bond donors (Lipinski definition) is 1. The smallest absolute Gasteiger partial charge is 0.171 e. The van der Waals surface area contributed by atoms with Gasteiger partial charge in [0.05, 0.1) is 0 Å². The van der Waals surface area contributed by atoms with Crippen LogP contribution in [0.5, 0.6) is 0 Å². The van der Waals surface area contributed by atoms with Crippen LogP contribution in [0.2, 0.25) is 0 Å². The molecule has 0 aliphatic carbocycles. The van der Waals surface area contributed by atoms with E-state index >= 15 is 0 Å². The first-order chi connectivity index (χ1) is 10.0. The fourth-order valence-electron chi connectivity index (χ4n) is 2.16. The van der Waals surface area contributed by atoms with Crippen LogP contribution in [0.3, 0.4) is 0 Å². The van der Waals surface area contributed by atoms with Gasteiger partial charge in [0.1, 0.15) is 27.8 Å². The van der Waals surface area contributed by atoms with E-state index in [0.717, 1.165) is 16.8 Å². The highest BCUT2D eigenvalue weighted by Gasteiger charge is 2.35. The number of nitrogens with one attached hydrogen (secondary N) is 1. The monoisotopic (exact) mass is 394 g/mol. The van der Waals surface area contributed by atoms with Gasteiger partial charge >= 0.3 is 0 Å². The largest absolute Gasteiger partial charge is 0.369 e. The zero-order valence-corrected chi connectivity index (χ0v) is 15.3.